The number of carbonyl (C=O) groups is 1. The highest BCUT2D eigenvalue weighted by atomic mass is 16.5. The fourth-order valence-electron chi connectivity index (χ4n) is 1.37. The van der Waals surface area contributed by atoms with E-state index in [2.05, 4.69) is 5.32 Å². The fourth-order valence-corrected chi connectivity index (χ4v) is 1.37. The van der Waals surface area contributed by atoms with Gasteiger partial charge in [0.25, 0.3) is 0 Å². The lowest BCUT2D eigenvalue weighted by molar-refractivity contribution is -0.130. The molecule has 1 fully saturated rings. The van der Waals surface area contributed by atoms with Gasteiger partial charge in [0.1, 0.15) is 6.10 Å². The lowest BCUT2D eigenvalue weighted by Gasteiger charge is -2.13. The summed E-state index contributed by atoms with van der Waals surface area (Å²) in [5.74, 6) is -0.141. The van der Waals surface area contributed by atoms with E-state index in [-0.39, 0.29) is 25.2 Å². The highest BCUT2D eigenvalue weighted by Gasteiger charge is 2.23. The first kappa shape index (κ1) is 11.4. The molecule has 2 N–H and O–H groups in total. The molecule has 5 nitrogen and oxygen atoms in total. The number of carbonyl (C=O) groups excluding carboxylic acids is 1. The van der Waals surface area contributed by atoms with Gasteiger partial charge >= 0.3 is 0 Å². The summed E-state index contributed by atoms with van der Waals surface area (Å²) in [6.45, 7) is 1.09. The molecule has 0 spiro atoms. The van der Waals surface area contributed by atoms with Crippen LogP contribution in [0.2, 0.25) is 0 Å². The van der Waals surface area contributed by atoms with E-state index in [9.17, 15) is 9.90 Å². The van der Waals surface area contributed by atoms with Crippen LogP contribution in [0.4, 0.5) is 0 Å². The summed E-state index contributed by atoms with van der Waals surface area (Å²) in [7, 11) is 1.51. The molecule has 1 aliphatic rings. The summed E-state index contributed by atoms with van der Waals surface area (Å²) in [5, 5.41) is 11.9. The number of rotatable bonds is 5. The first-order valence-electron chi connectivity index (χ1n) is 4.80. The van der Waals surface area contributed by atoms with Crippen molar-refractivity contribution < 1.29 is 19.4 Å². The Morgan fingerprint density at radius 2 is 2.57 bits per heavy atom. The molecule has 14 heavy (non-hydrogen) atoms. The molecule has 1 unspecified atom stereocenters. The number of hydrogen-bond acceptors (Lipinski definition) is 4. The summed E-state index contributed by atoms with van der Waals surface area (Å²) in [5.41, 5.74) is 0. The van der Waals surface area contributed by atoms with Crippen molar-refractivity contribution in [2.24, 2.45) is 0 Å². The van der Waals surface area contributed by atoms with Gasteiger partial charge in [0, 0.05) is 20.3 Å². The van der Waals surface area contributed by atoms with E-state index in [0.717, 1.165) is 12.8 Å². The van der Waals surface area contributed by atoms with E-state index in [0.29, 0.717) is 6.61 Å². The number of hydrogen-bond donors (Lipinski definition) is 2. The molecule has 0 bridgehead atoms. The number of aliphatic hydroxyl groups excluding tert-OH is 1. The van der Waals surface area contributed by atoms with Crippen molar-refractivity contribution in [1.29, 1.82) is 0 Å². The Labute approximate surface area is 83.4 Å². The number of aliphatic hydroxyl groups is 1. The van der Waals surface area contributed by atoms with Gasteiger partial charge in [-0.15, -0.1) is 0 Å². The van der Waals surface area contributed by atoms with Gasteiger partial charge in [0.2, 0.25) is 5.91 Å². The molecular weight excluding hydrogens is 186 g/mol. The first-order valence-corrected chi connectivity index (χ1v) is 4.80. The van der Waals surface area contributed by atoms with Gasteiger partial charge in [-0.25, -0.2) is 0 Å². The molecule has 1 aliphatic heterocycles. The Morgan fingerprint density at radius 3 is 3.14 bits per heavy atom. The van der Waals surface area contributed by atoms with Crippen LogP contribution in [0.3, 0.4) is 0 Å². The predicted octanol–water partition coefficient (Wildman–Crippen LogP) is -0.711. The standard InChI is InChI=1S/C9H17NO4/c1-13-6-7(11)5-10-9(12)8-3-2-4-14-8/h7-8,11H,2-6H2,1H3,(H,10,12)/t7?,8-/m0/s1. The SMILES string of the molecule is COCC(O)CNC(=O)[C@@H]1CCCO1. The van der Waals surface area contributed by atoms with Crippen LogP contribution in [0.15, 0.2) is 0 Å². The van der Waals surface area contributed by atoms with Crippen molar-refractivity contribution >= 4 is 5.91 Å². The van der Waals surface area contributed by atoms with Gasteiger partial charge in [-0.2, -0.15) is 0 Å². The van der Waals surface area contributed by atoms with Gasteiger partial charge in [0.15, 0.2) is 0 Å². The third-order valence-corrected chi connectivity index (χ3v) is 2.09. The first-order chi connectivity index (χ1) is 6.74. The minimum absolute atomic E-state index is 0.141. The minimum atomic E-state index is -0.648. The van der Waals surface area contributed by atoms with Crippen molar-refractivity contribution in [3.8, 4) is 0 Å². The number of amides is 1. The van der Waals surface area contributed by atoms with Crippen LogP contribution in [0.5, 0.6) is 0 Å². The zero-order chi connectivity index (χ0) is 10.4. The molecule has 0 saturated carbocycles. The summed E-state index contributed by atoms with van der Waals surface area (Å²) >= 11 is 0. The Morgan fingerprint density at radius 1 is 1.79 bits per heavy atom. The van der Waals surface area contributed by atoms with Crippen LogP contribution >= 0.6 is 0 Å². The lowest BCUT2D eigenvalue weighted by atomic mass is 10.2. The topological polar surface area (TPSA) is 67.8 Å². The average molecular weight is 203 g/mol. The average Bonchev–Trinajstić information content (AvgIpc) is 2.67. The Hall–Kier alpha value is -0.650. The van der Waals surface area contributed by atoms with Crippen LogP contribution < -0.4 is 5.32 Å². The van der Waals surface area contributed by atoms with E-state index < -0.39 is 6.10 Å². The van der Waals surface area contributed by atoms with Gasteiger partial charge in [0.05, 0.1) is 12.7 Å². The lowest BCUT2D eigenvalue weighted by Crippen LogP contribution is -2.39. The molecule has 82 valence electrons. The van der Waals surface area contributed by atoms with Gasteiger partial charge < -0.3 is 19.9 Å². The summed E-state index contributed by atoms with van der Waals surface area (Å²) in [6.07, 6.45) is 0.723. The van der Waals surface area contributed by atoms with Crippen LogP contribution in [0, 0.1) is 0 Å². The van der Waals surface area contributed by atoms with Crippen LogP contribution in [-0.4, -0.2) is 50.1 Å². The van der Waals surface area contributed by atoms with E-state index in [1.807, 2.05) is 0 Å². The van der Waals surface area contributed by atoms with Crippen molar-refractivity contribution in [3.63, 3.8) is 0 Å². The maximum absolute atomic E-state index is 11.4. The van der Waals surface area contributed by atoms with E-state index >= 15 is 0 Å². The maximum Gasteiger partial charge on any atom is 0.249 e. The van der Waals surface area contributed by atoms with Crippen LogP contribution in [0.1, 0.15) is 12.8 Å². The molecule has 1 amide bonds. The predicted molar refractivity (Wildman–Crippen MR) is 49.9 cm³/mol. The molecule has 1 rings (SSSR count). The molecule has 1 saturated heterocycles. The highest BCUT2D eigenvalue weighted by Crippen LogP contribution is 2.11. The quantitative estimate of drug-likeness (QED) is 0.619. The smallest absolute Gasteiger partial charge is 0.249 e. The summed E-state index contributed by atoms with van der Waals surface area (Å²) in [4.78, 5) is 11.4. The van der Waals surface area contributed by atoms with Crippen molar-refractivity contribution in [3.05, 3.63) is 0 Å². The molecule has 5 heteroatoms. The zero-order valence-electron chi connectivity index (χ0n) is 8.36. The Kier molecular flexibility index (Phi) is 4.86. The van der Waals surface area contributed by atoms with Crippen molar-refractivity contribution in [2.75, 3.05) is 26.9 Å². The van der Waals surface area contributed by atoms with Gasteiger partial charge in [-0.05, 0) is 12.8 Å². The third kappa shape index (κ3) is 3.61. The molecular formula is C9H17NO4. The fraction of sp³-hybridized carbons (Fsp3) is 0.889. The van der Waals surface area contributed by atoms with Crippen LogP contribution in [0.25, 0.3) is 0 Å². The summed E-state index contributed by atoms with van der Waals surface area (Å²) in [6, 6.07) is 0. The van der Waals surface area contributed by atoms with Crippen LogP contribution in [-0.2, 0) is 14.3 Å². The second kappa shape index (κ2) is 5.95. The minimum Gasteiger partial charge on any atom is -0.389 e. The molecule has 0 radical (unpaired) electrons. The van der Waals surface area contributed by atoms with E-state index in [1.54, 1.807) is 0 Å². The largest absolute Gasteiger partial charge is 0.389 e. The number of methoxy groups -OCH3 is 1. The van der Waals surface area contributed by atoms with Crippen molar-refractivity contribution in [2.45, 2.75) is 25.0 Å². The van der Waals surface area contributed by atoms with Gasteiger partial charge in [-0.3, -0.25) is 4.79 Å². The molecule has 0 aromatic carbocycles. The number of nitrogens with one attached hydrogen (secondary N) is 1. The van der Waals surface area contributed by atoms with Crippen molar-refractivity contribution in [1.82, 2.24) is 5.32 Å². The van der Waals surface area contributed by atoms with E-state index in [4.69, 9.17) is 9.47 Å². The third-order valence-electron chi connectivity index (χ3n) is 2.09. The Bertz CT molecular complexity index is 180. The number of ether oxygens (including phenoxy) is 2. The second-order valence-electron chi connectivity index (χ2n) is 3.36. The monoisotopic (exact) mass is 203 g/mol. The summed E-state index contributed by atoms with van der Waals surface area (Å²) < 4.78 is 9.91. The molecule has 2 atom stereocenters. The molecule has 1 heterocycles. The van der Waals surface area contributed by atoms with Gasteiger partial charge in [-0.1, -0.05) is 0 Å². The highest BCUT2D eigenvalue weighted by molar-refractivity contribution is 5.80. The second-order valence-corrected chi connectivity index (χ2v) is 3.36. The molecule has 0 aromatic rings. The maximum atomic E-state index is 11.4. The zero-order valence-corrected chi connectivity index (χ0v) is 8.36. The molecule has 0 aliphatic carbocycles. The normalized spacial score (nSPS) is 23.4. The molecule has 0 aromatic heterocycles. The Balaban J connectivity index is 2.13. The van der Waals surface area contributed by atoms with E-state index in [1.165, 1.54) is 7.11 Å².